The number of nitrogens with two attached hydrogens (primary N) is 2. The van der Waals surface area contributed by atoms with Gasteiger partial charge in [0.2, 0.25) is 0 Å². The molecule has 0 unspecified atom stereocenters. The van der Waals surface area contributed by atoms with E-state index in [-0.39, 0.29) is 50.4 Å². The predicted molar refractivity (Wildman–Crippen MR) is 143 cm³/mol. The van der Waals surface area contributed by atoms with E-state index in [0.29, 0.717) is 0 Å². The molecule has 8 atom stereocenters. The number of alkyl halides is 4. The number of nitrogens with zero attached hydrogens (tertiary/aromatic N) is 8. The highest BCUT2D eigenvalue weighted by Gasteiger charge is 2.64. The molecule has 0 amide bonds. The Balaban J connectivity index is 0.000000294. The number of aliphatic hydroxyl groups is 6. The van der Waals surface area contributed by atoms with Crippen LogP contribution in [0, 0.1) is 11.8 Å². The number of nitrogen functional groups attached to an aromatic ring is 2. The number of anilines is 2. The molecule has 4 heterocycles. The van der Waals surface area contributed by atoms with Crippen LogP contribution in [0.3, 0.4) is 0 Å². The average molecular weight is 657 g/mol. The van der Waals surface area contributed by atoms with Gasteiger partial charge in [0, 0.05) is 0 Å². The van der Waals surface area contributed by atoms with Gasteiger partial charge in [-0.05, 0) is 0 Å². The fourth-order valence-electron chi connectivity index (χ4n) is 5.51. The lowest BCUT2D eigenvalue weighted by molar-refractivity contribution is -0.101. The van der Waals surface area contributed by atoms with Crippen molar-refractivity contribution in [1.82, 2.24) is 39.0 Å². The van der Waals surface area contributed by atoms with Crippen LogP contribution in [0.15, 0.2) is 25.3 Å². The van der Waals surface area contributed by atoms with E-state index in [4.69, 9.17) is 21.7 Å². The lowest BCUT2D eigenvalue weighted by atomic mass is 10.0. The number of rotatable bonds is 4. The number of imidazole rings is 2. The zero-order chi connectivity index (χ0) is 30.7. The topological polar surface area (TPSA) is 355 Å². The molecule has 0 saturated heterocycles. The molecule has 45 heavy (non-hydrogen) atoms. The first-order valence-corrected chi connectivity index (χ1v) is 12.3. The minimum absolute atomic E-state index is 0. The molecule has 4 aromatic rings. The zero-order valence-corrected chi connectivity index (χ0v) is 22.8. The second-order valence-electron chi connectivity index (χ2n) is 9.95. The smallest absolute Gasteiger partial charge is 0.278 e. The van der Waals surface area contributed by atoms with Gasteiger partial charge in [-0.3, -0.25) is 0 Å². The highest BCUT2D eigenvalue weighted by molar-refractivity contribution is 5.82. The number of aliphatic hydroxyl groups excluding tert-OH is 6. The van der Waals surface area contributed by atoms with E-state index in [0.717, 1.165) is 34.4 Å². The van der Waals surface area contributed by atoms with Crippen molar-refractivity contribution in [1.29, 1.82) is 0 Å². The Kier molecular flexibility index (Phi) is 10.9. The Labute approximate surface area is 248 Å². The summed E-state index contributed by atoms with van der Waals surface area (Å²) in [7, 11) is 0. The first-order chi connectivity index (χ1) is 19.8. The summed E-state index contributed by atoms with van der Waals surface area (Å²) in [6, 6.07) is -3.60. The molecule has 4 aromatic heterocycles. The molecule has 252 valence electrons. The second kappa shape index (κ2) is 13.2. The quantitative estimate of drug-likeness (QED) is 0.0958. The summed E-state index contributed by atoms with van der Waals surface area (Å²) in [6.45, 7) is -1.91. The van der Waals surface area contributed by atoms with Crippen LogP contribution in [0.4, 0.5) is 29.2 Å². The largest absolute Gasteiger partial charge is 0.412 e. The molecule has 0 bridgehead atoms. The third-order valence-electron chi connectivity index (χ3n) is 7.72. The van der Waals surface area contributed by atoms with E-state index >= 15 is 0 Å². The van der Waals surface area contributed by atoms with Gasteiger partial charge in [-0.2, -0.15) is 0 Å². The van der Waals surface area contributed by atoms with Crippen LogP contribution in [0.1, 0.15) is 12.1 Å². The second-order valence-corrected chi connectivity index (χ2v) is 9.95. The summed E-state index contributed by atoms with van der Waals surface area (Å²) < 4.78 is 59.4. The normalized spacial score (nSPS) is 29.7. The van der Waals surface area contributed by atoms with Gasteiger partial charge in [0.25, 0.3) is 11.8 Å². The first kappa shape index (κ1) is 37.2. The van der Waals surface area contributed by atoms with Crippen molar-refractivity contribution in [3.05, 3.63) is 25.3 Å². The Morgan fingerprint density at radius 2 is 0.933 bits per heavy atom. The van der Waals surface area contributed by atoms with Crippen LogP contribution in [-0.2, 0) is 0 Å². The SMILES string of the molecule is Nc1ncnc2c1ncn2[C@H]1[C@H](O)[C@H](O)[C@@H](CO)C1(F)F.Nc1ncnc2c1ncn2[C@H]1[C@H](O)[C@H](O)[C@@H](CO)C1(F)F.O.O.O. The highest BCUT2D eigenvalue weighted by Crippen LogP contribution is 2.50. The Bertz CT molecular complexity index is 1480. The molecule has 0 spiro atoms. The maximum absolute atomic E-state index is 14.4. The standard InChI is InChI=1S/2C11H13F2N5O3.3H2O/c2*12-11(13)4(1-19)6(20)7(21)8(11)18-3-17-5-9(14)15-2-16-10(5)18;;;/h2*2-4,6-8,19-21H,1H2,(H2,14,15,16);3*1H2/t2*4-,6-,7-,8+;;;/m11.../s1. The van der Waals surface area contributed by atoms with Crippen molar-refractivity contribution < 1.29 is 64.6 Å². The molecule has 6 rings (SSSR count). The van der Waals surface area contributed by atoms with E-state index in [1.54, 1.807) is 0 Å². The van der Waals surface area contributed by atoms with E-state index in [1.165, 1.54) is 0 Å². The van der Waals surface area contributed by atoms with Crippen molar-refractivity contribution in [3.63, 3.8) is 0 Å². The first-order valence-electron chi connectivity index (χ1n) is 12.3. The number of aromatic nitrogens is 8. The van der Waals surface area contributed by atoms with Crippen molar-refractivity contribution in [3.8, 4) is 0 Å². The molecule has 0 aromatic carbocycles. The fourth-order valence-corrected chi connectivity index (χ4v) is 5.51. The lowest BCUT2D eigenvalue weighted by Crippen LogP contribution is -2.36. The molecule has 2 aliphatic rings. The van der Waals surface area contributed by atoms with Crippen molar-refractivity contribution in [2.24, 2.45) is 11.8 Å². The van der Waals surface area contributed by atoms with Crippen LogP contribution >= 0.6 is 0 Å². The van der Waals surface area contributed by atoms with Gasteiger partial charge in [-0.15, -0.1) is 0 Å². The third-order valence-corrected chi connectivity index (χ3v) is 7.72. The van der Waals surface area contributed by atoms with Crippen molar-refractivity contribution in [2.45, 2.75) is 48.3 Å². The molecule has 23 heteroatoms. The predicted octanol–water partition coefficient (Wildman–Crippen LogP) is -4.62. The van der Waals surface area contributed by atoms with E-state index in [1.807, 2.05) is 0 Å². The Morgan fingerprint density at radius 1 is 0.600 bits per heavy atom. The maximum Gasteiger partial charge on any atom is 0.278 e. The van der Waals surface area contributed by atoms with Gasteiger partial charge in [-0.25, -0.2) is 47.5 Å². The monoisotopic (exact) mass is 656 g/mol. The molecular weight excluding hydrogens is 624 g/mol. The molecule has 0 aliphatic heterocycles. The van der Waals surface area contributed by atoms with Gasteiger partial charge in [0.15, 0.2) is 22.9 Å². The van der Waals surface area contributed by atoms with Gasteiger partial charge in [0.1, 0.15) is 48.0 Å². The summed E-state index contributed by atoms with van der Waals surface area (Å²) >= 11 is 0. The van der Waals surface area contributed by atoms with Crippen LogP contribution in [0.2, 0.25) is 0 Å². The van der Waals surface area contributed by atoms with Crippen molar-refractivity contribution >= 4 is 34.0 Å². The number of hydrogen-bond donors (Lipinski definition) is 8. The van der Waals surface area contributed by atoms with E-state index in [9.17, 15) is 38.0 Å². The number of halogens is 4. The van der Waals surface area contributed by atoms with Crippen LogP contribution in [0.5, 0.6) is 0 Å². The molecule has 19 nitrogen and oxygen atoms in total. The van der Waals surface area contributed by atoms with Crippen LogP contribution in [0.25, 0.3) is 22.3 Å². The minimum Gasteiger partial charge on any atom is -0.412 e. The third kappa shape index (κ3) is 5.57. The summed E-state index contributed by atoms with van der Waals surface area (Å²) in [5.74, 6) is -10.6. The Morgan fingerprint density at radius 3 is 1.22 bits per heavy atom. The van der Waals surface area contributed by atoms with Gasteiger partial charge in [-0.1, -0.05) is 0 Å². The van der Waals surface area contributed by atoms with Crippen LogP contribution < -0.4 is 11.5 Å². The minimum atomic E-state index is -3.54. The molecule has 2 saturated carbocycles. The van der Waals surface area contributed by atoms with E-state index < -0.39 is 73.4 Å². The highest BCUT2D eigenvalue weighted by atomic mass is 19.3. The fraction of sp³-hybridized carbons (Fsp3) is 0.545. The summed E-state index contributed by atoms with van der Waals surface area (Å²) in [5.41, 5.74) is 11.5. The van der Waals surface area contributed by atoms with E-state index in [2.05, 4.69) is 29.9 Å². The van der Waals surface area contributed by atoms with Gasteiger partial charge < -0.3 is 67.7 Å². The lowest BCUT2D eigenvalue weighted by Gasteiger charge is -2.25. The summed E-state index contributed by atoms with van der Waals surface area (Å²) in [5, 5.41) is 57.4. The summed E-state index contributed by atoms with van der Waals surface area (Å²) in [6.07, 6.45) is -2.76. The molecule has 2 fully saturated rings. The van der Waals surface area contributed by atoms with Gasteiger partial charge >= 0.3 is 0 Å². The van der Waals surface area contributed by atoms with Crippen LogP contribution in [-0.4, -0.2) is 136 Å². The maximum atomic E-state index is 14.4. The molecule has 2 aliphatic carbocycles. The number of hydrogen-bond acceptors (Lipinski definition) is 14. The van der Waals surface area contributed by atoms with Crippen molar-refractivity contribution in [2.75, 3.05) is 24.7 Å². The summed E-state index contributed by atoms with van der Waals surface area (Å²) in [4.78, 5) is 22.8. The molecular formula is C22H32F4N10O9. The van der Waals surface area contributed by atoms with Gasteiger partial charge in [0.05, 0.1) is 49.9 Å². The zero-order valence-electron chi connectivity index (χ0n) is 22.8. The number of fused-ring (bicyclic) bond motifs is 2. The molecule has 0 radical (unpaired) electrons. The Hall–Kier alpha value is -3.94. The average Bonchev–Trinajstić information content (AvgIpc) is 3.62. The molecule has 16 N–H and O–H groups in total.